The number of nitrogens with zero attached hydrogens (tertiary/aromatic N) is 2. The van der Waals surface area contributed by atoms with E-state index in [1.807, 2.05) is 6.92 Å². The second-order valence-electron chi connectivity index (χ2n) is 7.41. The van der Waals surface area contributed by atoms with Crippen molar-refractivity contribution in [3.8, 4) is 0 Å². The van der Waals surface area contributed by atoms with E-state index in [2.05, 4.69) is 32.5 Å². The van der Waals surface area contributed by atoms with Gasteiger partial charge in [0.25, 0.3) is 5.71 Å². The molecule has 0 saturated carbocycles. The molecule has 4 heteroatoms. The fourth-order valence-electron chi connectivity index (χ4n) is 1.98. The molecule has 0 aromatic heterocycles. The van der Waals surface area contributed by atoms with E-state index in [4.69, 9.17) is 17.0 Å². The Bertz CT molecular complexity index is 320. The Morgan fingerprint density at radius 3 is 2.15 bits per heavy atom. The summed E-state index contributed by atoms with van der Waals surface area (Å²) in [5.74, 6) is 0. The third kappa shape index (κ3) is 7.78. The minimum atomic E-state index is -0.252. The van der Waals surface area contributed by atoms with Crippen LogP contribution in [0, 0.1) is 5.41 Å². The summed E-state index contributed by atoms with van der Waals surface area (Å²) in [6, 6.07) is 0.283. The van der Waals surface area contributed by atoms with Crippen LogP contribution in [0.4, 0.5) is 0 Å². The van der Waals surface area contributed by atoms with Crippen LogP contribution in [0.1, 0.15) is 79.6 Å². The molecule has 0 bridgehead atoms. The minimum Gasteiger partial charge on any atom is -0.362 e. The molecule has 0 saturated heterocycles. The van der Waals surface area contributed by atoms with E-state index in [0.717, 1.165) is 50.7 Å². The van der Waals surface area contributed by atoms with Gasteiger partial charge in [-0.15, -0.1) is 0 Å². The number of unbranched alkanes of at least 4 members (excludes halogenated alkanes) is 2. The van der Waals surface area contributed by atoms with Crippen LogP contribution < -0.4 is 11.5 Å². The Balaban J connectivity index is 4.04. The highest BCUT2D eigenvalue weighted by Gasteiger charge is 2.33. The summed E-state index contributed by atoms with van der Waals surface area (Å²) >= 11 is 0. The molecule has 0 aliphatic rings. The Labute approximate surface area is 124 Å². The van der Waals surface area contributed by atoms with Gasteiger partial charge in [-0.2, -0.15) is 4.79 Å². The molecular weight excluding hydrogens is 248 g/mol. The second-order valence-corrected chi connectivity index (χ2v) is 7.41. The fraction of sp³-hybridized carbons (Fsp3) is 0.938. The summed E-state index contributed by atoms with van der Waals surface area (Å²) in [6.07, 6.45) is 6.88. The van der Waals surface area contributed by atoms with Crippen LogP contribution in [0.5, 0.6) is 0 Å². The van der Waals surface area contributed by atoms with Crippen molar-refractivity contribution < 1.29 is 4.79 Å². The zero-order valence-corrected chi connectivity index (χ0v) is 14.1. The zero-order valence-electron chi connectivity index (χ0n) is 14.1. The second kappa shape index (κ2) is 8.56. The van der Waals surface area contributed by atoms with Crippen molar-refractivity contribution in [2.75, 3.05) is 0 Å². The van der Waals surface area contributed by atoms with E-state index in [1.54, 1.807) is 0 Å². The molecule has 2 atom stereocenters. The molecule has 0 radical (unpaired) electrons. The summed E-state index contributed by atoms with van der Waals surface area (Å²) in [5.41, 5.74) is 21.8. The molecule has 0 aromatic carbocycles. The molecule has 0 rings (SSSR count). The van der Waals surface area contributed by atoms with Gasteiger partial charge in [-0.1, -0.05) is 33.6 Å². The lowest BCUT2D eigenvalue weighted by atomic mass is 9.72. The molecule has 20 heavy (non-hydrogen) atoms. The molecule has 0 heterocycles. The predicted octanol–water partition coefficient (Wildman–Crippen LogP) is 3.50. The highest BCUT2D eigenvalue weighted by molar-refractivity contribution is 5.79. The smallest absolute Gasteiger partial charge is 0.268 e. The number of hydrogen-bond acceptors (Lipinski definition) is 2. The number of hydrogen-bond donors (Lipinski definition) is 2. The SMILES string of the molecule is CC(N)CCCCCC(CCC(C)(N)C(C)(C)C)=[N+]=[N-]. The minimum absolute atomic E-state index is 0.0465. The van der Waals surface area contributed by atoms with E-state index < -0.39 is 0 Å². The zero-order chi connectivity index (χ0) is 15.8. The lowest BCUT2D eigenvalue weighted by Crippen LogP contribution is -2.48. The Kier molecular flexibility index (Phi) is 8.26. The van der Waals surface area contributed by atoms with E-state index in [9.17, 15) is 0 Å². The molecule has 0 aromatic rings. The summed E-state index contributed by atoms with van der Waals surface area (Å²) in [7, 11) is 0. The summed E-state index contributed by atoms with van der Waals surface area (Å²) in [5, 5.41) is 0. The molecule has 118 valence electrons. The van der Waals surface area contributed by atoms with Crippen molar-refractivity contribution in [3.05, 3.63) is 5.53 Å². The Morgan fingerprint density at radius 2 is 1.70 bits per heavy atom. The van der Waals surface area contributed by atoms with Crippen molar-refractivity contribution in [2.45, 2.75) is 91.1 Å². The van der Waals surface area contributed by atoms with Crippen molar-refractivity contribution in [2.24, 2.45) is 16.9 Å². The molecular formula is C16H34N4. The average Bonchev–Trinajstić information content (AvgIpc) is 2.30. The van der Waals surface area contributed by atoms with Crippen LogP contribution in [-0.2, 0) is 0 Å². The normalized spacial score (nSPS) is 16.4. The molecule has 4 N–H and O–H groups in total. The van der Waals surface area contributed by atoms with Crippen LogP contribution in [0.2, 0.25) is 0 Å². The molecule has 4 nitrogen and oxygen atoms in total. The predicted molar refractivity (Wildman–Crippen MR) is 86.6 cm³/mol. The highest BCUT2D eigenvalue weighted by atomic mass is 14.9. The molecule has 0 spiro atoms. The molecule has 0 fully saturated rings. The van der Waals surface area contributed by atoms with Crippen LogP contribution >= 0.6 is 0 Å². The van der Waals surface area contributed by atoms with Gasteiger partial charge in [0.05, 0.1) is 0 Å². The van der Waals surface area contributed by atoms with Crippen molar-refractivity contribution in [3.63, 3.8) is 0 Å². The lowest BCUT2D eigenvalue weighted by Gasteiger charge is -2.38. The average molecular weight is 282 g/mol. The van der Waals surface area contributed by atoms with E-state index in [0.29, 0.717) is 0 Å². The Hall–Kier alpha value is -0.700. The maximum atomic E-state index is 9.10. The number of nitrogens with two attached hydrogens (primary N) is 2. The van der Waals surface area contributed by atoms with Gasteiger partial charge in [-0.05, 0) is 38.5 Å². The largest absolute Gasteiger partial charge is 0.362 e. The van der Waals surface area contributed by atoms with Gasteiger partial charge < -0.3 is 17.0 Å². The molecule has 2 unspecified atom stereocenters. The molecule has 0 aliphatic carbocycles. The van der Waals surface area contributed by atoms with Crippen LogP contribution in [0.15, 0.2) is 0 Å². The first kappa shape index (κ1) is 19.3. The monoisotopic (exact) mass is 282 g/mol. The first-order valence-corrected chi connectivity index (χ1v) is 7.84. The van der Waals surface area contributed by atoms with Gasteiger partial charge in [-0.3, -0.25) is 0 Å². The summed E-state index contributed by atoms with van der Waals surface area (Å²) < 4.78 is 0. The quantitative estimate of drug-likeness (QED) is 0.293. The number of rotatable bonds is 9. The summed E-state index contributed by atoms with van der Waals surface area (Å²) in [6.45, 7) is 10.6. The molecule has 0 amide bonds. The Morgan fingerprint density at radius 1 is 1.10 bits per heavy atom. The van der Waals surface area contributed by atoms with E-state index >= 15 is 0 Å². The van der Waals surface area contributed by atoms with Gasteiger partial charge in [0.2, 0.25) is 0 Å². The maximum absolute atomic E-state index is 9.10. The maximum Gasteiger partial charge on any atom is 0.268 e. The lowest BCUT2D eigenvalue weighted by molar-refractivity contribution is -0.0127. The first-order valence-electron chi connectivity index (χ1n) is 7.84. The third-order valence-electron chi connectivity index (χ3n) is 4.41. The van der Waals surface area contributed by atoms with Gasteiger partial charge in [0.15, 0.2) is 0 Å². The van der Waals surface area contributed by atoms with E-state index in [1.165, 1.54) is 0 Å². The van der Waals surface area contributed by atoms with Gasteiger partial charge in [0.1, 0.15) is 0 Å². The van der Waals surface area contributed by atoms with Gasteiger partial charge in [-0.25, -0.2) is 0 Å². The first-order chi connectivity index (χ1) is 9.10. The fourth-order valence-corrected chi connectivity index (χ4v) is 1.98. The standard InChI is InChI=1S/C16H34N4/c1-13(17)9-7-6-8-10-14(20-19)11-12-16(5,18)15(2,3)4/h13H,6-12,17-18H2,1-5H3. The third-order valence-corrected chi connectivity index (χ3v) is 4.41. The van der Waals surface area contributed by atoms with Crippen LogP contribution in [0.3, 0.4) is 0 Å². The van der Waals surface area contributed by atoms with Gasteiger partial charge >= 0.3 is 0 Å². The summed E-state index contributed by atoms with van der Waals surface area (Å²) in [4.78, 5) is 3.44. The van der Waals surface area contributed by atoms with Crippen LogP contribution in [-0.4, -0.2) is 22.1 Å². The van der Waals surface area contributed by atoms with Crippen LogP contribution in [0.25, 0.3) is 5.53 Å². The van der Waals surface area contributed by atoms with Crippen molar-refractivity contribution in [1.29, 1.82) is 0 Å². The topological polar surface area (TPSA) is 88.4 Å². The van der Waals surface area contributed by atoms with Crippen molar-refractivity contribution >= 4 is 5.71 Å². The highest BCUT2D eigenvalue weighted by Crippen LogP contribution is 2.31. The van der Waals surface area contributed by atoms with E-state index in [-0.39, 0.29) is 17.0 Å². The molecule has 0 aliphatic heterocycles. The van der Waals surface area contributed by atoms with Gasteiger partial charge in [0, 0.05) is 24.4 Å². The van der Waals surface area contributed by atoms with Crippen molar-refractivity contribution in [1.82, 2.24) is 0 Å².